The van der Waals surface area contributed by atoms with Crippen LogP contribution in [0.5, 0.6) is 0 Å². The first-order chi connectivity index (χ1) is 9.44. The van der Waals surface area contributed by atoms with Crippen LogP contribution in [0.2, 0.25) is 0 Å². The second-order valence-corrected chi connectivity index (χ2v) is 9.25. The molecule has 1 fully saturated rings. The Bertz CT molecular complexity index is 415. The van der Waals surface area contributed by atoms with Crippen molar-refractivity contribution >= 4 is 23.1 Å². The van der Waals surface area contributed by atoms with Gasteiger partial charge < -0.3 is 5.32 Å². The van der Waals surface area contributed by atoms with Gasteiger partial charge in [-0.3, -0.25) is 0 Å². The summed E-state index contributed by atoms with van der Waals surface area (Å²) in [6.45, 7) is 9.72. The number of nitrogens with one attached hydrogen (secondary N) is 1. The lowest BCUT2D eigenvalue weighted by atomic mass is 10.0. The molecule has 0 aromatic carbocycles. The van der Waals surface area contributed by atoms with E-state index in [1.807, 2.05) is 11.3 Å². The Morgan fingerprint density at radius 1 is 1.25 bits per heavy atom. The van der Waals surface area contributed by atoms with Gasteiger partial charge in [-0.15, -0.1) is 11.3 Å². The van der Waals surface area contributed by atoms with Gasteiger partial charge >= 0.3 is 0 Å². The quantitative estimate of drug-likeness (QED) is 0.836. The van der Waals surface area contributed by atoms with Crippen molar-refractivity contribution < 1.29 is 0 Å². The van der Waals surface area contributed by atoms with Gasteiger partial charge in [-0.05, 0) is 40.5 Å². The van der Waals surface area contributed by atoms with Gasteiger partial charge in [-0.25, -0.2) is 4.98 Å². The van der Waals surface area contributed by atoms with E-state index in [1.54, 1.807) is 0 Å². The maximum Gasteiger partial charge on any atom is 0.103 e. The SMILES string of the molecule is Cc1nc(CSC2CCCCC2)sc1CNC(C)(C)C. The van der Waals surface area contributed by atoms with Crippen molar-refractivity contribution in [1.29, 1.82) is 0 Å². The molecule has 0 amide bonds. The summed E-state index contributed by atoms with van der Waals surface area (Å²) in [4.78, 5) is 6.16. The molecule has 1 aromatic rings. The average molecular weight is 313 g/mol. The van der Waals surface area contributed by atoms with Crippen LogP contribution in [0.15, 0.2) is 0 Å². The molecule has 0 spiro atoms. The number of nitrogens with zero attached hydrogens (tertiary/aromatic N) is 1. The maximum atomic E-state index is 4.75. The lowest BCUT2D eigenvalue weighted by Gasteiger charge is -2.20. The van der Waals surface area contributed by atoms with E-state index in [4.69, 9.17) is 4.98 Å². The van der Waals surface area contributed by atoms with E-state index in [-0.39, 0.29) is 5.54 Å². The van der Waals surface area contributed by atoms with Gasteiger partial charge in [0, 0.05) is 28.0 Å². The fourth-order valence-electron chi connectivity index (χ4n) is 2.48. The summed E-state index contributed by atoms with van der Waals surface area (Å²) in [6, 6.07) is 0. The van der Waals surface area contributed by atoms with Crippen molar-refractivity contribution in [3.05, 3.63) is 15.6 Å². The summed E-state index contributed by atoms with van der Waals surface area (Å²) in [5.41, 5.74) is 1.39. The number of aromatic nitrogens is 1. The van der Waals surface area contributed by atoms with Gasteiger partial charge in [0.25, 0.3) is 0 Å². The topological polar surface area (TPSA) is 24.9 Å². The van der Waals surface area contributed by atoms with Crippen molar-refractivity contribution in [2.24, 2.45) is 0 Å². The minimum absolute atomic E-state index is 0.174. The Morgan fingerprint density at radius 2 is 1.95 bits per heavy atom. The van der Waals surface area contributed by atoms with Crippen LogP contribution < -0.4 is 5.32 Å². The third-order valence-electron chi connectivity index (χ3n) is 3.71. The van der Waals surface area contributed by atoms with E-state index in [9.17, 15) is 0 Å². The molecule has 1 heterocycles. The lowest BCUT2D eigenvalue weighted by molar-refractivity contribution is 0.425. The summed E-state index contributed by atoms with van der Waals surface area (Å²) in [6.07, 6.45) is 7.11. The first-order valence-electron chi connectivity index (χ1n) is 7.76. The molecule has 1 aromatic heterocycles. The highest BCUT2D eigenvalue weighted by molar-refractivity contribution is 7.99. The van der Waals surface area contributed by atoms with E-state index in [2.05, 4.69) is 44.8 Å². The third kappa shape index (κ3) is 5.38. The highest BCUT2D eigenvalue weighted by Gasteiger charge is 2.16. The van der Waals surface area contributed by atoms with Gasteiger partial charge in [0.05, 0.1) is 5.69 Å². The Labute approximate surface area is 132 Å². The van der Waals surface area contributed by atoms with Crippen LogP contribution in [0.25, 0.3) is 0 Å². The Balaban J connectivity index is 1.83. The average Bonchev–Trinajstić information content (AvgIpc) is 2.75. The van der Waals surface area contributed by atoms with Crippen LogP contribution in [0.1, 0.15) is 68.5 Å². The third-order valence-corrected chi connectivity index (χ3v) is 6.43. The van der Waals surface area contributed by atoms with E-state index in [1.165, 1.54) is 47.7 Å². The smallest absolute Gasteiger partial charge is 0.103 e. The number of hydrogen-bond donors (Lipinski definition) is 1. The number of thioether (sulfide) groups is 1. The molecule has 0 atom stereocenters. The molecule has 1 N–H and O–H groups in total. The molecule has 114 valence electrons. The van der Waals surface area contributed by atoms with Crippen molar-refractivity contribution in [3.63, 3.8) is 0 Å². The Hall–Kier alpha value is -0.0600. The molecule has 1 saturated carbocycles. The molecule has 2 rings (SSSR count). The van der Waals surface area contributed by atoms with Gasteiger partial charge in [0.1, 0.15) is 5.01 Å². The molecule has 1 aliphatic rings. The van der Waals surface area contributed by atoms with Crippen molar-refractivity contribution in [2.75, 3.05) is 0 Å². The maximum absolute atomic E-state index is 4.75. The molecule has 2 nitrogen and oxygen atoms in total. The molecular formula is C16H28N2S2. The largest absolute Gasteiger partial charge is 0.307 e. The lowest BCUT2D eigenvalue weighted by Crippen LogP contribution is -2.34. The van der Waals surface area contributed by atoms with Crippen LogP contribution >= 0.6 is 23.1 Å². The standard InChI is InChI=1S/C16H28N2S2/c1-12-14(10-17-16(2,3)4)20-15(18-12)11-19-13-8-6-5-7-9-13/h13,17H,5-11H2,1-4H3. The molecule has 0 radical (unpaired) electrons. The summed E-state index contributed by atoms with van der Waals surface area (Å²) in [5, 5.41) is 5.75. The normalized spacial score (nSPS) is 17.6. The first kappa shape index (κ1) is 16.3. The minimum atomic E-state index is 0.174. The summed E-state index contributed by atoms with van der Waals surface area (Å²) < 4.78 is 0. The van der Waals surface area contributed by atoms with Crippen LogP contribution in [0.3, 0.4) is 0 Å². The fraction of sp³-hybridized carbons (Fsp3) is 0.812. The summed E-state index contributed by atoms with van der Waals surface area (Å²) >= 11 is 4.02. The number of thiazole rings is 1. The Morgan fingerprint density at radius 3 is 2.60 bits per heavy atom. The second kappa shape index (κ2) is 7.28. The molecular weight excluding hydrogens is 284 g/mol. The van der Waals surface area contributed by atoms with Gasteiger partial charge in [-0.1, -0.05) is 19.3 Å². The molecule has 0 unspecified atom stereocenters. The van der Waals surface area contributed by atoms with Gasteiger partial charge in [-0.2, -0.15) is 11.8 Å². The Kier molecular flexibility index (Phi) is 5.94. The van der Waals surface area contributed by atoms with E-state index in [0.717, 1.165) is 17.5 Å². The van der Waals surface area contributed by atoms with Crippen molar-refractivity contribution in [3.8, 4) is 0 Å². The van der Waals surface area contributed by atoms with Crippen LogP contribution in [-0.2, 0) is 12.3 Å². The highest BCUT2D eigenvalue weighted by atomic mass is 32.2. The fourth-order valence-corrected chi connectivity index (χ4v) is 4.83. The number of aryl methyl sites for hydroxylation is 1. The van der Waals surface area contributed by atoms with Crippen molar-refractivity contribution in [1.82, 2.24) is 10.3 Å². The van der Waals surface area contributed by atoms with Crippen LogP contribution in [0.4, 0.5) is 0 Å². The molecule has 0 aliphatic heterocycles. The van der Waals surface area contributed by atoms with E-state index in [0.29, 0.717) is 0 Å². The van der Waals surface area contributed by atoms with Crippen LogP contribution in [0, 0.1) is 6.92 Å². The van der Waals surface area contributed by atoms with E-state index >= 15 is 0 Å². The van der Waals surface area contributed by atoms with Gasteiger partial charge in [0.15, 0.2) is 0 Å². The summed E-state index contributed by atoms with van der Waals surface area (Å²) in [5.74, 6) is 1.10. The van der Waals surface area contributed by atoms with Crippen molar-refractivity contribution in [2.45, 2.75) is 82.9 Å². The monoisotopic (exact) mass is 312 g/mol. The molecule has 0 bridgehead atoms. The molecule has 0 saturated heterocycles. The molecule has 4 heteroatoms. The zero-order valence-electron chi connectivity index (χ0n) is 13.3. The van der Waals surface area contributed by atoms with E-state index < -0.39 is 0 Å². The summed E-state index contributed by atoms with van der Waals surface area (Å²) in [7, 11) is 0. The predicted molar refractivity (Wildman–Crippen MR) is 91.6 cm³/mol. The minimum Gasteiger partial charge on any atom is -0.307 e. The number of hydrogen-bond acceptors (Lipinski definition) is 4. The van der Waals surface area contributed by atoms with Gasteiger partial charge in [0.2, 0.25) is 0 Å². The number of rotatable bonds is 5. The molecule has 1 aliphatic carbocycles. The second-order valence-electron chi connectivity index (χ2n) is 6.79. The predicted octanol–water partition coefficient (Wildman–Crippen LogP) is 4.91. The zero-order valence-corrected chi connectivity index (χ0v) is 14.9. The first-order valence-corrected chi connectivity index (χ1v) is 9.62. The van der Waals surface area contributed by atoms with Crippen LogP contribution in [-0.4, -0.2) is 15.8 Å². The highest BCUT2D eigenvalue weighted by Crippen LogP contribution is 2.32. The zero-order chi connectivity index (χ0) is 14.6. The molecule has 20 heavy (non-hydrogen) atoms.